The highest BCUT2D eigenvalue weighted by Gasteiger charge is 2.16. The van der Waals surface area contributed by atoms with E-state index in [-0.39, 0.29) is 39.5 Å². The van der Waals surface area contributed by atoms with Crippen LogP contribution in [0.2, 0.25) is 10.2 Å². The highest BCUT2D eigenvalue weighted by atomic mass is 35.5. The molecule has 0 aliphatic heterocycles. The number of carbonyl (C=O) groups is 1. The van der Waals surface area contributed by atoms with Gasteiger partial charge in [0.05, 0.1) is 35.4 Å². The van der Waals surface area contributed by atoms with E-state index in [1.807, 2.05) is 0 Å². The Morgan fingerprint density at radius 1 is 1.18 bits per heavy atom. The number of hydrogen-bond acceptors (Lipinski definition) is 5. The van der Waals surface area contributed by atoms with Crippen molar-refractivity contribution in [3.05, 3.63) is 86.5 Å². The van der Waals surface area contributed by atoms with Gasteiger partial charge in [-0.1, -0.05) is 23.2 Å². The van der Waals surface area contributed by atoms with Crippen LogP contribution in [-0.4, -0.2) is 22.6 Å². The van der Waals surface area contributed by atoms with Crippen LogP contribution in [0.1, 0.15) is 5.56 Å². The highest BCUT2D eigenvalue weighted by molar-refractivity contribution is 6.32. The lowest BCUT2D eigenvalue weighted by atomic mass is 10.1. The van der Waals surface area contributed by atoms with E-state index in [1.165, 1.54) is 31.4 Å². The minimum absolute atomic E-state index is 0.0396. The first kappa shape index (κ1) is 22.6. The fourth-order valence-corrected chi connectivity index (χ4v) is 3.81. The Labute approximate surface area is 197 Å². The van der Waals surface area contributed by atoms with Crippen molar-refractivity contribution in [1.82, 2.24) is 9.55 Å². The number of methoxy groups -OCH3 is 1. The smallest absolute Gasteiger partial charge is 0.229 e. The molecule has 0 unspecified atom stereocenters. The SMILES string of the molecule is COc1ccc(-n2ccc(=O)c3cc(F)c(CC(=O)Nc4ccc(Cl)nc4N)cc32)c(Cl)c1. The largest absolute Gasteiger partial charge is 0.497 e. The van der Waals surface area contributed by atoms with Gasteiger partial charge < -0.3 is 20.4 Å². The predicted octanol–water partition coefficient (Wildman–Crippen LogP) is 4.60. The number of pyridine rings is 2. The fourth-order valence-electron chi connectivity index (χ4n) is 3.39. The molecule has 2 heterocycles. The molecule has 0 fully saturated rings. The van der Waals surface area contributed by atoms with Crippen molar-refractivity contribution in [2.24, 2.45) is 0 Å². The number of amides is 1. The predicted molar refractivity (Wildman–Crippen MR) is 127 cm³/mol. The number of nitrogens with zero attached hydrogens (tertiary/aromatic N) is 2. The van der Waals surface area contributed by atoms with Gasteiger partial charge in [-0.05, 0) is 42.0 Å². The minimum atomic E-state index is -0.685. The Morgan fingerprint density at radius 3 is 2.67 bits per heavy atom. The van der Waals surface area contributed by atoms with Crippen LogP contribution in [0, 0.1) is 5.82 Å². The van der Waals surface area contributed by atoms with Crippen molar-refractivity contribution in [2.75, 3.05) is 18.2 Å². The zero-order valence-electron chi connectivity index (χ0n) is 17.2. The molecule has 4 rings (SSSR count). The van der Waals surface area contributed by atoms with Gasteiger partial charge in [-0.2, -0.15) is 0 Å². The van der Waals surface area contributed by atoms with Crippen molar-refractivity contribution in [3.63, 3.8) is 0 Å². The molecule has 0 spiro atoms. The van der Waals surface area contributed by atoms with Crippen LogP contribution in [0.15, 0.2) is 59.5 Å². The first-order valence-electron chi connectivity index (χ1n) is 9.66. The molecule has 0 atom stereocenters. The number of nitrogen functional groups attached to an aromatic ring is 1. The highest BCUT2D eigenvalue weighted by Crippen LogP contribution is 2.29. The Bertz CT molecular complexity index is 1460. The van der Waals surface area contributed by atoms with Gasteiger partial charge in [0.25, 0.3) is 0 Å². The standard InChI is InChI=1S/C23H17Cl2FN4O3/c1-33-13-2-4-18(15(24)10-13)30-7-6-20(31)14-11-16(26)12(8-19(14)30)9-22(32)28-17-3-5-21(25)29-23(17)27/h2-8,10-11H,9H2,1H3,(H2,27,29)(H,28,32). The lowest BCUT2D eigenvalue weighted by Crippen LogP contribution is -2.17. The number of aromatic nitrogens is 2. The summed E-state index contributed by atoms with van der Waals surface area (Å²) in [6.07, 6.45) is 1.24. The van der Waals surface area contributed by atoms with Crippen molar-refractivity contribution >= 4 is 51.5 Å². The number of fused-ring (bicyclic) bond motifs is 1. The molecule has 0 bridgehead atoms. The van der Waals surface area contributed by atoms with Crippen molar-refractivity contribution in [1.29, 1.82) is 0 Å². The molecule has 0 saturated heterocycles. The average Bonchev–Trinajstić information content (AvgIpc) is 2.77. The third-order valence-electron chi connectivity index (χ3n) is 4.99. The first-order chi connectivity index (χ1) is 15.8. The average molecular weight is 487 g/mol. The normalized spacial score (nSPS) is 10.9. The lowest BCUT2D eigenvalue weighted by molar-refractivity contribution is -0.115. The van der Waals surface area contributed by atoms with E-state index >= 15 is 0 Å². The second kappa shape index (κ2) is 9.09. The summed E-state index contributed by atoms with van der Waals surface area (Å²) in [7, 11) is 1.52. The van der Waals surface area contributed by atoms with E-state index in [2.05, 4.69) is 10.3 Å². The van der Waals surface area contributed by atoms with Crippen LogP contribution in [0.3, 0.4) is 0 Å². The number of anilines is 2. The number of halogens is 3. The quantitative estimate of drug-likeness (QED) is 0.401. The Morgan fingerprint density at radius 2 is 1.97 bits per heavy atom. The van der Waals surface area contributed by atoms with Gasteiger partial charge in [0.1, 0.15) is 22.5 Å². The molecule has 0 aliphatic rings. The summed E-state index contributed by atoms with van der Waals surface area (Å²) in [6, 6.07) is 11.9. The van der Waals surface area contributed by atoms with E-state index < -0.39 is 11.7 Å². The number of rotatable bonds is 5. The molecule has 2 aromatic heterocycles. The van der Waals surface area contributed by atoms with Gasteiger partial charge >= 0.3 is 0 Å². The summed E-state index contributed by atoms with van der Waals surface area (Å²) in [4.78, 5) is 28.8. The zero-order chi connectivity index (χ0) is 23.7. The Hall–Kier alpha value is -3.62. The molecule has 1 amide bonds. The summed E-state index contributed by atoms with van der Waals surface area (Å²) >= 11 is 12.2. The molecule has 7 nitrogen and oxygen atoms in total. The van der Waals surface area contributed by atoms with Crippen molar-refractivity contribution < 1.29 is 13.9 Å². The summed E-state index contributed by atoms with van der Waals surface area (Å²) in [5.41, 5.74) is 6.70. The third kappa shape index (κ3) is 4.62. The zero-order valence-corrected chi connectivity index (χ0v) is 18.7. The number of carbonyl (C=O) groups excluding carboxylic acids is 1. The second-order valence-electron chi connectivity index (χ2n) is 7.12. The monoisotopic (exact) mass is 486 g/mol. The van der Waals surface area contributed by atoms with Crippen molar-refractivity contribution in [2.45, 2.75) is 6.42 Å². The van der Waals surface area contributed by atoms with Gasteiger partial charge in [-0.15, -0.1) is 0 Å². The molecular weight excluding hydrogens is 470 g/mol. The van der Waals surface area contributed by atoms with Gasteiger partial charge in [0, 0.05) is 23.7 Å². The summed E-state index contributed by atoms with van der Waals surface area (Å²) in [5, 5.41) is 3.29. The minimum Gasteiger partial charge on any atom is -0.497 e. The van der Waals surface area contributed by atoms with Gasteiger partial charge in [0.2, 0.25) is 5.91 Å². The molecule has 10 heteroatoms. The van der Waals surface area contributed by atoms with Gasteiger partial charge in [-0.3, -0.25) is 9.59 Å². The molecule has 2 aromatic carbocycles. The second-order valence-corrected chi connectivity index (χ2v) is 7.91. The Balaban J connectivity index is 1.74. The Kier molecular flexibility index (Phi) is 6.22. The molecule has 4 aromatic rings. The number of hydrogen-bond donors (Lipinski definition) is 2. The molecular formula is C23H17Cl2FN4O3. The third-order valence-corrected chi connectivity index (χ3v) is 5.51. The number of benzene rings is 2. The van der Waals surface area contributed by atoms with Crippen molar-refractivity contribution in [3.8, 4) is 11.4 Å². The van der Waals surface area contributed by atoms with E-state index in [9.17, 15) is 14.0 Å². The van der Waals surface area contributed by atoms with Crippen LogP contribution < -0.4 is 21.2 Å². The first-order valence-corrected chi connectivity index (χ1v) is 10.4. The molecule has 168 valence electrons. The van der Waals surface area contributed by atoms with E-state index in [0.29, 0.717) is 22.0 Å². The maximum Gasteiger partial charge on any atom is 0.229 e. The topological polar surface area (TPSA) is 99.2 Å². The molecule has 0 saturated carbocycles. The molecule has 0 aliphatic carbocycles. The molecule has 0 radical (unpaired) electrons. The molecule has 3 N–H and O–H groups in total. The number of nitrogens with two attached hydrogens (primary N) is 1. The maximum atomic E-state index is 14.8. The van der Waals surface area contributed by atoms with Crippen LogP contribution >= 0.6 is 23.2 Å². The summed E-state index contributed by atoms with van der Waals surface area (Å²) in [5.74, 6) is -0.599. The summed E-state index contributed by atoms with van der Waals surface area (Å²) < 4.78 is 21.6. The molecule has 33 heavy (non-hydrogen) atoms. The fraction of sp³-hybridized carbons (Fsp3) is 0.0870. The van der Waals surface area contributed by atoms with E-state index in [0.717, 1.165) is 6.07 Å². The lowest BCUT2D eigenvalue weighted by Gasteiger charge is -2.15. The number of nitrogens with one attached hydrogen (secondary N) is 1. The van der Waals surface area contributed by atoms with Gasteiger partial charge in [-0.25, -0.2) is 9.37 Å². The van der Waals surface area contributed by atoms with Crippen LogP contribution in [-0.2, 0) is 11.2 Å². The van der Waals surface area contributed by atoms with E-state index in [4.69, 9.17) is 33.7 Å². The van der Waals surface area contributed by atoms with E-state index in [1.54, 1.807) is 29.0 Å². The van der Waals surface area contributed by atoms with Crippen LogP contribution in [0.5, 0.6) is 5.75 Å². The van der Waals surface area contributed by atoms with Crippen LogP contribution in [0.4, 0.5) is 15.9 Å². The van der Waals surface area contributed by atoms with Gasteiger partial charge in [0.15, 0.2) is 5.43 Å². The van der Waals surface area contributed by atoms with Crippen LogP contribution in [0.25, 0.3) is 16.6 Å². The maximum absolute atomic E-state index is 14.8. The summed E-state index contributed by atoms with van der Waals surface area (Å²) in [6.45, 7) is 0. The number of ether oxygens (including phenoxy) is 1.